The van der Waals surface area contributed by atoms with Crippen LogP contribution < -0.4 is 11.1 Å². The van der Waals surface area contributed by atoms with E-state index in [1.807, 2.05) is 0 Å². The fourth-order valence-electron chi connectivity index (χ4n) is 1.04. The summed E-state index contributed by atoms with van der Waals surface area (Å²) in [4.78, 5) is 10.8. The Labute approximate surface area is 91.2 Å². The highest BCUT2D eigenvalue weighted by molar-refractivity contribution is 7.80. The quantitative estimate of drug-likeness (QED) is 0.755. The van der Waals surface area contributed by atoms with E-state index in [0.717, 1.165) is 0 Å². The van der Waals surface area contributed by atoms with Crippen LogP contribution in [0.1, 0.15) is 5.56 Å². The highest BCUT2D eigenvalue weighted by atomic mass is 32.1. The Balaban J connectivity index is 3.11. The van der Waals surface area contributed by atoms with Crippen LogP contribution in [-0.2, 0) is 4.74 Å². The maximum Gasteiger partial charge on any atom is 0.411 e. The molecule has 15 heavy (non-hydrogen) atoms. The van der Waals surface area contributed by atoms with E-state index in [-0.39, 0.29) is 16.2 Å². The lowest BCUT2D eigenvalue weighted by Crippen LogP contribution is -2.18. The molecule has 1 rings (SSSR count). The molecule has 0 unspecified atom stereocenters. The number of hydrogen-bond acceptors (Lipinski definition) is 3. The third-order valence-corrected chi connectivity index (χ3v) is 1.89. The standard InChI is InChI=1S/C9H9FN2O2S/c1-14-9(13)12-6-4-2-3-5(10)7(6)8(11)15/h2-4H,1H3,(H2,11,15)(H,12,13). The van der Waals surface area contributed by atoms with Gasteiger partial charge in [0.15, 0.2) is 0 Å². The highest BCUT2D eigenvalue weighted by Crippen LogP contribution is 2.18. The Kier molecular flexibility index (Phi) is 3.56. The van der Waals surface area contributed by atoms with E-state index >= 15 is 0 Å². The summed E-state index contributed by atoms with van der Waals surface area (Å²) in [5.41, 5.74) is 5.52. The number of halogens is 1. The molecule has 0 atom stereocenters. The maximum atomic E-state index is 13.3. The Morgan fingerprint density at radius 1 is 1.60 bits per heavy atom. The predicted molar refractivity (Wildman–Crippen MR) is 58.3 cm³/mol. The first kappa shape index (κ1) is 11.4. The molecule has 80 valence electrons. The average Bonchev–Trinajstić information content (AvgIpc) is 2.17. The van der Waals surface area contributed by atoms with Crippen molar-refractivity contribution in [1.29, 1.82) is 0 Å². The van der Waals surface area contributed by atoms with Gasteiger partial charge < -0.3 is 10.5 Å². The van der Waals surface area contributed by atoms with Gasteiger partial charge in [0, 0.05) is 0 Å². The summed E-state index contributed by atoms with van der Waals surface area (Å²) >= 11 is 4.67. The number of methoxy groups -OCH3 is 1. The smallest absolute Gasteiger partial charge is 0.411 e. The van der Waals surface area contributed by atoms with Gasteiger partial charge in [-0.25, -0.2) is 9.18 Å². The molecular weight excluding hydrogens is 219 g/mol. The van der Waals surface area contributed by atoms with Gasteiger partial charge in [-0.3, -0.25) is 5.32 Å². The van der Waals surface area contributed by atoms with Gasteiger partial charge in [-0.05, 0) is 12.1 Å². The molecule has 0 fully saturated rings. The first-order valence-corrected chi connectivity index (χ1v) is 4.40. The molecule has 0 aliphatic rings. The molecule has 0 aliphatic heterocycles. The van der Waals surface area contributed by atoms with Crippen molar-refractivity contribution < 1.29 is 13.9 Å². The lowest BCUT2D eigenvalue weighted by molar-refractivity contribution is 0.187. The molecule has 0 bridgehead atoms. The Morgan fingerprint density at radius 3 is 2.80 bits per heavy atom. The number of carbonyl (C=O) groups is 1. The molecule has 3 N–H and O–H groups in total. The van der Waals surface area contributed by atoms with Gasteiger partial charge in [0.25, 0.3) is 0 Å². The van der Waals surface area contributed by atoms with Gasteiger partial charge >= 0.3 is 6.09 Å². The zero-order valence-corrected chi connectivity index (χ0v) is 8.73. The van der Waals surface area contributed by atoms with Crippen molar-refractivity contribution in [1.82, 2.24) is 0 Å². The summed E-state index contributed by atoms with van der Waals surface area (Å²) in [6.45, 7) is 0. The summed E-state index contributed by atoms with van der Waals surface area (Å²) < 4.78 is 17.7. The number of amides is 1. The number of carbonyl (C=O) groups excluding carboxylic acids is 1. The van der Waals surface area contributed by atoms with Crippen molar-refractivity contribution in [3.8, 4) is 0 Å². The number of anilines is 1. The zero-order chi connectivity index (χ0) is 11.4. The van der Waals surface area contributed by atoms with Gasteiger partial charge in [-0.2, -0.15) is 0 Å². The number of thiocarbonyl (C=S) groups is 1. The molecule has 0 saturated heterocycles. The normalized spacial score (nSPS) is 9.47. The van der Waals surface area contributed by atoms with E-state index in [1.165, 1.54) is 25.3 Å². The molecule has 1 aromatic carbocycles. The van der Waals surface area contributed by atoms with E-state index in [2.05, 4.69) is 22.3 Å². The highest BCUT2D eigenvalue weighted by Gasteiger charge is 2.12. The van der Waals surface area contributed by atoms with Crippen LogP contribution >= 0.6 is 12.2 Å². The molecule has 0 aliphatic carbocycles. The Hall–Kier alpha value is -1.69. The predicted octanol–water partition coefficient (Wildman–Crippen LogP) is 1.64. The molecule has 0 aromatic heterocycles. The fourth-order valence-corrected chi connectivity index (χ4v) is 1.25. The zero-order valence-electron chi connectivity index (χ0n) is 7.91. The topological polar surface area (TPSA) is 64.3 Å². The number of nitrogens with two attached hydrogens (primary N) is 1. The van der Waals surface area contributed by atoms with E-state index in [9.17, 15) is 9.18 Å². The van der Waals surface area contributed by atoms with Crippen molar-refractivity contribution >= 4 is 29.0 Å². The van der Waals surface area contributed by atoms with E-state index in [0.29, 0.717) is 0 Å². The van der Waals surface area contributed by atoms with Gasteiger partial charge in [0.2, 0.25) is 0 Å². The van der Waals surface area contributed by atoms with Crippen LogP contribution in [0.25, 0.3) is 0 Å². The van der Waals surface area contributed by atoms with Crippen LogP contribution in [0, 0.1) is 5.82 Å². The second-order valence-electron chi connectivity index (χ2n) is 2.64. The summed E-state index contributed by atoms with van der Waals surface area (Å²) in [6, 6.07) is 4.12. The third kappa shape index (κ3) is 2.63. The van der Waals surface area contributed by atoms with Crippen molar-refractivity contribution in [2.75, 3.05) is 12.4 Å². The van der Waals surface area contributed by atoms with Gasteiger partial charge in [0.05, 0.1) is 18.4 Å². The second kappa shape index (κ2) is 4.70. The number of hydrogen-bond donors (Lipinski definition) is 2. The minimum atomic E-state index is -0.710. The second-order valence-corrected chi connectivity index (χ2v) is 3.08. The lowest BCUT2D eigenvalue weighted by atomic mass is 10.1. The van der Waals surface area contributed by atoms with Gasteiger partial charge in [0.1, 0.15) is 10.8 Å². The minimum absolute atomic E-state index is 0.00194. The largest absolute Gasteiger partial charge is 0.453 e. The molecule has 0 spiro atoms. The molecule has 0 saturated carbocycles. The van der Waals surface area contributed by atoms with Crippen molar-refractivity contribution in [3.05, 3.63) is 29.6 Å². The lowest BCUT2D eigenvalue weighted by Gasteiger charge is -2.09. The van der Waals surface area contributed by atoms with Gasteiger partial charge in [-0.1, -0.05) is 18.3 Å². The van der Waals surface area contributed by atoms with Crippen LogP contribution in [-0.4, -0.2) is 18.2 Å². The van der Waals surface area contributed by atoms with Gasteiger partial charge in [-0.15, -0.1) is 0 Å². The fraction of sp³-hybridized carbons (Fsp3) is 0.111. The molecule has 6 heteroatoms. The number of ether oxygens (including phenoxy) is 1. The SMILES string of the molecule is COC(=O)Nc1cccc(F)c1C(N)=S. The molecule has 0 heterocycles. The molecule has 1 amide bonds. The summed E-state index contributed by atoms with van der Waals surface area (Å²) in [7, 11) is 1.20. The first-order valence-electron chi connectivity index (χ1n) is 3.99. The number of benzene rings is 1. The number of rotatable bonds is 2. The van der Waals surface area contributed by atoms with Crippen LogP contribution in [0.4, 0.5) is 14.9 Å². The van der Waals surface area contributed by atoms with E-state index in [1.54, 1.807) is 0 Å². The van der Waals surface area contributed by atoms with Crippen molar-refractivity contribution in [2.24, 2.45) is 5.73 Å². The summed E-state index contributed by atoms with van der Waals surface area (Å²) in [6.07, 6.45) is -0.710. The molecular formula is C9H9FN2O2S. The Morgan fingerprint density at radius 2 is 2.27 bits per heavy atom. The third-order valence-electron chi connectivity index (χ3n) is 1.68. The average molecular weight is 228 g/mol. The molecule has 4 nitrogen and oxygen atoms in total. The van der Waals surface area contributed by atoms with E-state index in [4.69, 9.17) is 5.73 Å². The van der Waals surface area contributed by atoms with Crippen molar-refractivity contribution in [3.63, 3.8) is 0 Å². The number of nitrogens with one attached hydrogen (secondary N) is 1. The maximum absolute atomic E-state index is 13.3. The van der Waals surface area contributed by atoms with Crippen LogP contribution in [0.3, 0.4) is 0 Å². The molecule has 0 radical (unpaired) electrons. The van der Waals surface area contributed by atoms with Crippen LogP contribution in [0.5, 0.6) is 0 Å². The van der Waals surface area contributed by atoms with Crippen LogP contribution in [0.2, 0.25) is 0 Å². The Bertz CT molecular complexity index is 409. The monoisotopic (exact) mass is 228 g/mol. The first-order chi connectivity index (χ1) is 7.06. The van der Waals surface area contributed by atoms with Crippen molar-refractivity contribution in [2.45, 2.75) is 0 Å². The van der Waals surface area contributed by atoms with Crippen LogP contribution in [0.15, 0.2) is 18.2 Å². The molecule has 1 aromatic rings. The van der Waals surface area contributed by atoms with E-state index < -0.39 is 11.9 Å². The minimum Gasteiger partial charge on any atom is -0.453 e. The summed E-state index contributed by atoms with van der Waals surface area (Å²) in [5.74, 6) is -0.587. The summed E-state index contributed by atoms with van der Waals surface area (Å²) in [5, 5.41) is 2.31.